The average molecular weight is 235 g/mol. The van der Waals surface area contributed by atoms with Crippen LogP contribution in [0.25, 0.3) is 0 Å². The van der Waals surface area contributed by atoms with E-state index in [4.69, 9.17) is 14.3 Å². The highest BCUT2D eigenvalue weighted by atomic mass is 16.6. The molecule has 2 rings (SSSR count). The van der Waals surface area contributed by atoms with E-state index in [1.165, 1.54) is 0 Å². The Kier molecular flexibility index (Phi) is 3.52. The van der Waals surface area contributed by atoms with Gasteiger partial charge in [-0.2, -0.15) is 0 Å². The third-order valence-electron chi connectivity index (χ3n) is 2.47. The summed E-state index contributed by atoms with van der Waals surface area (Å²) in [7, 11) is 1.65. The second-order valence-corrected chi connectivity index (χ2v) is 4.15. The molecular formula is C13H17NO3. The molecule has 0 fully saturated rings. The Bertz CT molecular complexity index is 427. The Hall–Kier alpha value is -1.71. The number of benzene rings is 1. The first-order valence-corrected chi connectivity index (χ1v) is 5.74. The smallest absolute Gasteiger partial charge is 0.128 e. The molecule has 1 heterocycles. The summed E-state index contributed by atoms with van der Waals surface area (Å²) in [4.78, 5) is 5.30. The molecule has 1 aliphatic rings. The summed E-state index contributed by atoms with van der Waals surface area (Å²) >= 11 is 0. The molecule has 0 aliphatic carbocycles. The molecule has 0 aromatic heterocycles. The first-order valence-electron chi connectivity index (χ1n) is 5.74. The number of hydrogen-bond acceptors (Lipinski definition) is 4. The maximum atomic E-state index is 5.57. The quantitative estimate of drug-likeness (QED) is 0.756. The fraction of sp³-hybridized carbons (Fsp3) is 0.462. The van der Waals surface area contributed by atoms with Crippen LogP contribution in [0.1, 0.15) is 25.8 Å². The van der Waals surface area contributed by atoms with Gasteiger partial charge in [-0.05, 0) is 32.0 Å². The minimum atomic E-state index is 0.0828. The van der Waals surface area contributed by atoms with E-state index in [1.54, 1.807) is 7.11 Å². The number of oxime groups is 1. The normalized spacial score (nSPS) is 16.6. The lowest BCUT2D eigenvalue weighted by Gasteiger charge is -2.19. The Labute approximate surface area is 101 Å². The van der Waals surface area contributed by atoms with E-state index in [-0.39, 0.29) is 6.10 Å². The molecule has 0 amide bonds. The number of fused-ring (bicyclic) bond motifs is 1. The van der Waals surface area contributed by atoms with Crippen LogP contribution in [0.2, 0.25) is 0 Å². The van der Waals surface area contributed by atoms with Gasteiger partial charge >= 0.3 is 0 Å². The van der Waals surface area contributed by atoms with Crippen LogP contribution in [-0.4, -0.2) is 25.5 Å². The maximum Gasteiger partial charge on any atom is 0.128 e. The van der Waals surface area contributed by atoms with Gasteiger partial charge in [-0.25, -0.2) is 0 Å². The summed E-state index contributed by atoms with van der Waals surface area (Å²) in [6.45, 7) is 4.55. The van der Waals surface area contributed by atoms with Crippen molar-refractivity contribution >= 4 is 5.71 Å². The van der Waals surface area contributed by atoms with Crippen molar-refractivity contribution in [3.05, 3.63) is 23.8 Å². The monoisotopic (exact) mass is 235 g/mol. The van der Waals surface area contributed by atoms with Crippen LogP contribution in [0.5, 0.6) is 11.5 Å². The summed E-state index contributed by atoms with van der Waals surface area (Å²) in [5.74, 6) is 1.63. The highest BCUT2D eigenvalue weighted by Gasteiger charge is 2.18. The molecule has 1 aliphatic heterocycles. The van der Waals surface area contributed by atoms with Gasteiger partial charge < -0.3 is 14.3 Å². The predicted molar refractivity (Wildman–Crippen MR) is 65.9 cm³/mol. The second-order valence-electron chi connectivity index (χ2n) is 4.15. The fourth-order valence-corrected chi connectivity index (χ4v) is 1.64. The second kappa shape index (κ2) is 5.08. The predicted octanol–water partition coefficient (Wildman–Crippen LogP) is 2.61. The molecule has 4 heteroatoms. The van der Waals surface area contributed by atoms with Crippen LogP contribution in [0.4, 0.5) is 0 Å². The standard InChI is InChI=1S/C13H17NO3/c1-9(2)17-14-12-6-7-16-13-5-4-10(15-3)8-11(12)13/h4-5,8-9H,6-7H2,1-3H3. The molecule has 0 radical (unpaired) electrons. The Balaban J connectivity index is 2.31. The molecular weight excluding hydrogens is 218 g/mol. The third kappa shape index (κ3) is 2.70. The summed E-state index contributed by atoms with van der Waals surface area (Å²) in [5, 5.41) is 4.18. The summed E-state index contributed by atoms with van der Waals surface area (Å²) in [6.07, 6.45) is 0.840. The summed E-state index contributed by atoms with van der Waals surface area (Å²) in [5.41, 5.74) is 1.87. The van der Waals surface area contributed by atoms with E-state index in [0.29, 0.717) is 6.61 Å². The fourth-order valence-electron chi connectivity index (χ4n) is 1.64. The lowest BCUT2D eigenvalue weighted by Crippen LogP contribution is -2.17. The molecule has 1 aromatic carbocycles. The van der Waals surface area contributed by atoms with E-state index < -0.39 is 0 Å². The highest BCUT2D eigenvalue weighted by Crippen LogP contribution is 2.29. The van der Waals surface area contributed by atoms with Crippen molar-refractivity contribution in [2.24, 2.45) is 5.16 Å². The van der Waals surface area contributed by atoms with Crippen LogP contribution in [0.3, 0.4) is 0 Å². The zero-order valence-corrected chi connectivity index (χ0v) is 10.4. The topological polar surface area (TPSA) is 40.0 Å². The van der Waals surface area contributed by atoms with E-state index in [9.17, 15) is 0 Å². The Morgan fingerprint density at radius 2 is 2.18 bits per heavy atom. The molecule has 0 saturated heterocycles. The van der Waals surface area contributed by atoms with Gasteiger partial charge in [-0.15, -0.1) is 0 Å². The van der Waals surface area contributed by atoms with E-state index in [2.05, 4.69) is 5.16 Å². The third-order valence-corrected chi connectivity index (χ3v) is 2.47. The number of ether oxygens (including phenoxy) is 2. The number of rotatable bonds is 3. The van der Waals surface area contributed by atoms with Crippen molar-refractivity contribution in [2.75, 3.05) is 13.7 Å². The molecule has 4 nitrogen and oxygen atoms in total. The minimum Gasteiger partial charge on any atom is -0.497 e. The van der Waals surface area contributed by atoms with Crippen molar-refractivity contribution < 1.29 is 14.3 Å². The lowest BCUT2D eigenvalue weighted by atomic mass is 10.0. The summed E-state index contributed by atoms with van der Waals surface area (Å²) < 4.78 is 10.8. The number of nitrogens with zero attached hydrogens (tertiary/aromatic N) is 1. The molecule has 0 atom stereocenters. The highest BCUT2D eigenvalue weighted by molar-refractivity contribution is 6.03. The van der Waals surface area contributed by atoms with Gasteiger partial charge in [0.25, 0.3) is 0 Å². The molecule has 0 spiro atoms. The molecule has 92 valence electrons. The van der Waals surface area contributed by atoms with Gasteiger partial charge in [0.05, 0.1) is 19.4 Å². The molecule has 17 heavy (non-hydrogen) atoms. The minimum absolute atomic E-state index is 0.0828. The lowest BCUT2D eigenvalue weighted by molar-refractivity contribution is 0.0850. The van der Waals surface area contributed by atoms with Crippen molar-refractivity contribution in [2.45, 2.75) is 26.4 Å². The SMILES string of the molecule is COc1ccc2c(c1)C(=NOC(C)C)CCO2. The van der Waals surface area contributed by atoms with E-state index >= 15 is 0 Å². The van der Waals surface area contributed by atoms with Crippen molar-refractivity contribution in [3.63, 3.8) is 0 Å². The first kappa shape index (κ1) is 11.8. The van der Waals surface area contributed by atoms with Crippen LogP contribution in [0, 0.1) is 0 Å². The number of hydrogen-bond donors (Lipinski definition) is 0. The van der Waals surface area contributed by atoms with Crippen molar-refractivity contribution in [3.8, 4) is 11.5 Å². The maximum absolute atomic E-state index is 5.57. The van der Waals surface area contributed by atoms with Gasteiger partial charge in [0.2, 0.25) is 0 Å². The molecule has 1 aromatic rings. The van der Waals surface area contributed by atoms with Crippen molar-refractivity contribution in [1.29, 1.82) is 0 Å². The van der Waals surface area contributed by atoms with Crippen LogP contribution in [-0.2, 0) is 4.84 Å². The van der Waals surface area contributed by atoms with Gasteiger partial charge in [0, 0.05) is 12.0 Å². The zero-order chi connectivity index (χ0) is 12.3. The van der Waals surface area contributed by atoms with Crippen LogP contribution >= 0.6 is 0 Å². The van der Waals surface area contributed by atoms with Crippen LogP contribution in [0.15, 0.2) is 23.4 Å². The summed E-state index contributed by atoms with van der Waals surface area (Å²) in [6, 6.07) is 5.71. The van der Waals surface area contributed by atoms with Crippen molar-refractivity contribution in [1.82, 2.24) is 0 Å². The van der Waals surface area contributed by atoms with Crippen LogP contribution < -0.4 is 9.47 Å². The largest absolute Gasteiger partial charge is 0.497 e. The number of methoxy groups -OCH3 is 1. The van der Waals surface area contributed by atoms with Gasteiger partial charge in [-0.3, -0.25) is 0 Å². The molecule has 0 unspecified atom stereocenters. The molecule has 0 saturated carbocycles. The van der Waals surface area contributed by atoms with Gasteiger partial charge in [0.1, 0.15) is 17.6 Å². The Morgan fingerprint density at radius 3 is 2.88 bits per heavy atom. The van der Waals surface area contributed by atoms with E-state index in [0.717, 1.165) is 29.2 Å². The Morgan fingerprint density at radius 1 is 1.35 bits per heavy atom. The average Bonchev–Trinajstić information content (AvgIpc) is 2.35. The van der Waals surface area contributed by atoms with E-state index in [1.807, 2.05) is 32.0 Å². The molecule has 0 N–H and O–H groups in total. The van der Waals surface area contributed by atoms with Gasteiger partial charge in [0.15, 0.2) is 0 Å². The first-order chi connectivity index (χ1) is 8.20. The molecule has 0 bridgehead atoms. The zero-order valence-electron chi connectivity index (χ0n) is 10.4. The van der Waals surface area contributed by atoms with Gasteiger partial charge in [-0.1, -0.05) is 5.16 Å².